The Balaban J connectivity index is 2.27. The monoisotopic (exact) mass is 232 g/mol. The molecule has 17 heavy (non-hydrogen) atoms. The maximum atomic E-state index is 13.8. The molecular formula is C14H13FO2. The molecule has 2 nitrogen and oxygen atoms in total. The van der Waals surface area contributed by atoms with Crippen molar-refractivity contribution in [3.63, 3.8) is 0 Å². The third kappa shape index (κ3) is 2.56. The molecule has 0 amide bonds. The van der Waals surface area contributed by atoms with Crippen LogP contribution in [0.2, 0.25) is 0 Å². The summed E-state index contributed by atoms with van der Waals surface area (Å²) in [5, 5.41) is 0. The second-order valence-electron chi connectivity index (χ2n) is 3.69. The fourth-order valence-corrected chi connectivity index (χ4v) is 1.46. The molecular weight excluding hydrogens is 219 g/mol. The van der Waals surface area contributed by atoms with Gasteiger partial charge in [0.1, 0.15) is 5.75 Å². The fourth-order valence-electron chi connectivity index (χ4n) is 1.46. The van der Waals surface area contributed by atoms with Crippen molar-refractivity contribution >= 4 is 0 Å². The minimum absolute atomic E-state index is 0.160. The summed E-state index contributed by atoms with van der Waals surface area (Å²) in [5.74, 6) is 0.446. The first-order valence-electron chi connectivity index (χ1n) is 5.27. The van der Waals surface area contributed by atoms with E-state index in [0.717, 1.165) is 5.56 Å². The third-order valence-electron chi connectivity index (χ3n) is 2.40. The minimum atomic E-state index is -0.490. The number of benzene rings is 2. The highest BCUT2D eigenvalue weighted by molar-refractivity contribution is 5.39. The molecule has 0 fully saturated rings. The first-order valence-corrected chi connectivity index (χ1v) is 5.27. The summed E-state index contributed by atoms with van der Waals surface area (Å²) in [6, 6.07) is 12.2. The fraction of sp³-hybridized carbons (Fsp3) is 0.143. The van der Waals surface area contributed by atoms with Crippen molar-refractivity contribution in [2.75, 3.05) is 7.11 Å². The Hall–Kier alpha value is -2.03. The minimum Gasteiger partial charge on any atom is -0.494 e. The van der Waals surface area contributed by atoms with E-state index in [1.807, 2.05) is 19.1 Å². The molecule has 0 heterocycles. The molecule has 2 aromatic carbocycles. The smallest absolute Gasteiger partial charge is 0.207 e. The Morgan fingerprint density at radius 2 is 1.59 bits per heavy atom. The van der Waals surface area contributed by atoms with Crippen molar-refractivity contribution in [1.82, 2.24) is 0 Å². The molecule has 0 N–H and O–H groups in total. The van der Waals surface area contributed by atoms with Gasteiger partial charge in [-0.2, -0.15) is 4.39 Å². The van der Waals surface area contributed by atoms with Crippen molar-refractivity contribution in [2.45, 2.75) is 6.92 Å². The Bertz CT molecular complexity index is 506. The van der Waals surface area contributed by atoms with Crippen molar-refractivity contribution in [3.8, 4) is 17.2 Å². The Kier molecular flexibility index (Phi) is 3.28. The summed E-state index contributed by atoms with van der Waals surface area (Å²) in [7, 11) is 1.42. The lowest BCUT2D eigenvalue weighted by atomic mass is 10.2. The predicted molar refractivity (Wildman–Crippen MR) is 64.2 cm³/mol. The summed E-state index contributed by atoms with van der Waals surface area (Å²) in [6.07, 6.45) is 0. The molecule has 0 saturated carbocycles. The molecule has 88 valence electrons. The van der Waals surface area contributed by atoms with E-state index in [2.05, 4.69) is 0 Å². The van der Waals surface area contributed by atoms with Crippen LogP contribution in [0.15, 0.2) is 42.5 Å². The molecule has 0 aliphatic heterocycles. The molecule has 0 aliphatic carbocycles. The first kappa shape index (κ1) is 11.5. The van der Waals surface area contributed by atoms with Gasteiger partial charge in [0.2, 0.25) is 5.82 Å². The van der Waals surface area contributed by atoms with Gasteiger partial charge >= 0.3 is 0 Å². The van der Waals surface area contributed by atoms with E-state index < -0.39 is 5.82 Å². The third-order valence-corrected chi connectivity index (χ3v) is 2.40. The van der Waals surface area contributed by atoms with Gasteiger partial charge < -0.3 is 9.47 Å². The molecule has 0 spiro atoms. The van der Waals surface area contributed by atoms with Gasteiger partial charge in [-0.15, -0.1) is 0 Å². The average Bonchev–Trinajstić information content (AvgIpc) is 2.35. The molecule has 0 aromatic heterocycles. The van der Waals surface area contributed by atoms with E-state index in [-0.39, 0.29) is 11.5 Å². The lowest BCUT2D eigenvalue weighted by Gasteiger charge is -2.09. The van der Waals surface area contributed by atoms with E-state index in [1.54, 1.807) is 30.3 Å². The van der Waals surface area contributed by atoms with Crippen LogP contribution in [-0.4, -0.2) is 7.11 Å². The van der Waals surface area contributed by atoms with Gasteiger partial charge in [-0.1, -0.05) is 23.8 Å². The number of ether oxygens (including phenoxy) is 2. The summed E-state index contributed by atoms with van der Waals surface area (Å²) >= 11 is 0. The summed E-state index contributed by atoms with van der Waals surface area (Å²) in [5.41, 5.74) is 1.13. The summed E-state index contributed by atoms with van der Waals surface area (Å²) < 4.78 is 24.1. The average molecular weight is 232 g/mol. The predicted octanol–water partition coefficient (Wildman–Crippen LogP) is 3.94. The molecule has 0 saturated heterocycles. The molecule has 0 radical (unpaired) electrons. The van der Waals surface area contributed by atoms with Gasteiger partial charge in [0, 0.05) is 0 Å². The summed E-state index contributed by atoms with van der Waals surface area (Å²) in [6.45, 7) is 1.98. The summed E-state index contributed by atoms with van der Waals surface area (Å²) in [4.78, 5) is 0. The van der Waals surface area contributed by atoms with Crippen molar-refractivity contribution in [1.29, 1.82) is 0 Å². The first-order chi connectivity index (χ1) is 8.20. The van der Waals surface area contributed by atoms with Crippen molar-refractivity contribution in [2.24, 2.45) is 0 Å². The van der Waals surface area contributed by atoms with E-state index in [0.29, 0.717) is 5.75 Å². The molecule has 2 rings (SSSR count). The van der Waals surface area contributed by atoms with E-state index >= 15 is 0 Å². The molecule has 0 bridgehead atoms. The SMILES string of the molecule is COc1cccc(Oc2ccc(C)cc2)c1F. The number of hydrogen-bond acceptors (Lipinski definition) is 2. The maximum absolute atomic E-state index is 13.8. The molecule has 2 aromatic rings. The zero-order valence-electron chi connectivity index (χ0n) is 9.74. The Labute approximate surface area is 99.6 Å². The zero-order valence-corrected chi connectivity index (χ0v) is 9.74. The Morgan fingerprint density at radius 3 is 2.24 bits per heavy atom. The van der Waals surface area contributed by atoms with Crippen LogP contribution in [0.3, 0.4) is 0 Å². The number of halogens is 1. The standard InChI is InChI=1S/C14H13FO2/c1-10-6-8-11(9-7-10)17-13-5-3-4-12(16-2)14(13)15/h3-9H,1-2H3. The normalized spacial score (nSPS) is 10.1. The molecule has 0 atom stereocenters. The highest BCUT2D eigenvalue weighted by Gasteiger charge is 2.09. The van der Waals surface area contributed by atoms with Gasteiger partial charge in [0.15, 0.2) is 11.5 Å². The molecule has 0 unspecified atom stereocenters. The van der Waals surface area contributed by atoms with Crippen LogP contribution in [-0.2, 0) is 0 Å². The van der Waals surface area contributed by atoms with Crippen molar-refractivity contribution in [3.05, 3.63) is 53.8 Å². The van der Waals surface area contributed by atoms with Crippen LogP contribution in [0.1, 0.15) is 5.56 Å². The second-order valence-corrected chi connectivity index (χ2v) is 3.69. The largest absolute Gasteiger partial charge is 0.494 e. The second kappa shape index (κ2) is 4.87. The number of rotatable bonds is 3. The van der Waals surface area contributed by atoms with Crippen LogP contribution in [0.4, 0.5) is 4.39 Å². The van der Waals surface area contributed by atoms with Crippen LogP contribution < -0.4 is 9.47 Å². The lowest BCUT2D eigenvalue weighted by Crippen LogP contribution is -1.92. The van der Waals surface area contributed by atoms with Gasteiger partial charge in [-0.3, -0.25) is 0 Å². The van der Waals surface area contributed by atoms with Crippen molar-refractivity contribution < 1.29 is 13.9 Å². The zero-order chi connectivity index (χ0) is 12.3. The maximum Gasteiger partial charge on any atom is 0.207 e. The molecule has 0 aliphatic rings. The number of methoxy groups -OCH3 is 1. The van der Waals surface area contributed by atoms with Crippen LogP contribution in [0, 0.1) is 12.7 Å². The highest BCUT2D eigenvalue weighted by atomic mass is 19.1. The molecule has 3 heteroatoms. The van der Waals surface area contributed by atoms with Gasteiger partial charge in [-0.25, -0.2) is 0 Å². The lowest BCUT2D eigenvalue weighted by molar-refractivity contribution is 0.368. The quantitative estimate of drug-likeness (QED) is 0.798. The van der Waals surface area contributed by atoms with E-state index in [4.69, 9.17) is 9.47 Å². The van der Waals surface area contributed by atoms with E-state index in [1.165, 1.54) is 7.11 Å². The van der Waals surface area contributed by atoms with Crippen LogP contribution in [0.5, 0.6) is 17.2 Å². The van der Waals surface area contributed by atoms with Gasteiger partial charge in [0.25, 0.3) is 0 Å². The highest BCUT2D eigenvalue weighted by Crippen LogP contribution is 2.29. The number of hydrogen-bond donors (Lipinski definition) is 0. The van der Waals surface area contributed by atoms with Gasteiger partial charge in [0.05, 0.1) is 7.11 Å². The van der Waals surface area contributed by atoms with Crippen LogP contribution >= 0.6 is 0 Å². The topological polar surface area (TPSA) is 18.5 Å². The van der Waals surface area contributed by atoms with Crippen LogP contribution in [0.25, 0.3) is 0 Å². The Morgan fingerprint density at radius 1 is 0.941 bits per heavy atom. The number of aryl methyl sites for hydroxylation is 1. The van der Waals surface area contributed by atoms with E-state index in [9.17, 15) is 4.39 Å². The van der Waals surface area contributed by atoms with Gasteiger partial charge in [-0.05, 0) is 31.2 Å².